The molecule has 0 spiro atoms. The Morgan fingerprint density at radius 2 is 2.17 bits per heavy atom. The number of pyridine rings is 1. The lowest BCUT2D eigenvalue weighted by Gasteiger charge is -2.10. The van der Waals surface area contributed by atoms with Gasteiger partial charge in [-0.1, -0.05) is 12.1 Å². The molecule has 0 aliphatic rings. The summed E-state index contributed by atoms with van der Waals surface area (Å²) < 4.78 is 71.1. The summed E-state index contributed by atoms with van der Waals surface area (Å²) in [6.45, 7) is -4.04. The lowest BCUT2D eigenvalue weighted by atomic mass is 10.1. The van der Waals surface area contributed by atoms with Crippen molar-refractivity contribution < 1.29 is 18.3 Å². The summed E-state index contributed by atoms with van der Waals surface area (Å²) in [6, 6.07) is 9.66. The van der Waals surface area contributed by atoms with Crippen LogP contribution in [0.3, 0.4) is 0 Å². The maximum absolute atomic E-state index is 14.4. The van der Waals surface area contributed by atoms with Gasteiger partial charge in [0.25, 0.3) is 10.0 Å². The number of halogens is 1. The quantitative estimate of drug-likeness (QED) is 0.769. The van der Waals surface area contributed by atoms with E-state index in [0.717, 1.165) is 16.4 Å². The molecule has 0 aliphatic heterocycles. The molecule has 0 amide bonds. The second-order valence-corrected chi connectivity index (χ2v) is 6.73. The highest BCUT2D eigenvalue weighted by Gasteiger charge is 2.23. The predicted molar refractivity (Wildman–Crippen MR) is 89.4 cm³/mol. The third-order valence-electron chi connectivity index (χ3n) is 3.39. The smallest absolute Gasteiger partial charge is 0.269 e. The Morgan fingerprint density at radius 1 is 1.33 bits per heavy atom. The second-order valence-electron chi connectivity index (χ2n) is 4.92. The van der Waals surface area contributed by atoms with Crippen molar-refractivity contribution in [1.82, 2.24) is 14.3 Å². The van der Waals surface area contributed by atoms with E-state index >= 15 is 0 Å². The van der Waals surface area contributed by atoms with Crippen molar-refractivity contribution in [2.24, 2.45) is 0 Å². The van der Waals surface area contributed by atoms with E-state index in [0.29, 0.717) is 0 Å². The zero-order chi connectivity index (χ0) is 20.5. The van der Waals surface area contributed by atoms with Gasteiger partial charge in [-0.2, -0.15) is 0 Å². The summed E-state index contributed by atoms with van der Waals surface area (Å²) in [5, 5.41) is 2.09. The third kappa shape index (κ3) is 2.95. The molecule has 5 nitrogen and oxygen atoms in total. The van der Waals surface area contributed by atoms with Crippen LogP contribution in [0.1, 0.15) is 11.0 Å². The lowest BCUT2D eigenvalue weighted by molar-refractivity contribution is 0.587. The minimum atomic E-state index is -4.16. The third-order valence-corrected chi connectivity index (χ3v) is 5.04. The Bertz CT molecular complexity index is 1090. The number of hydrogen-bond donors (Lipinski definition) is 1. The molecule has 1 N–H and O–H groups in total. The van der Waals surface area contributed by atoms with Crippen molar-refractivity contribution >= 4 is 10.0 Å². The van der Waals surface area contributed by atoms with E-state index in [1.165, 1.54) is 42.6 Å². The molecular formula is C17H16FN3O2S. The van der Waals surface area contributed by atoms with Crippen LogP contribution in [-0.2, 0) is 16.5 Å². The molecule has 0 saturated carbocycles. The molecule has 0 bridgehead atoms. The van der Waals surface area contributed by atoms with Gasteiger partial charge in [-0.25, -0.2) is 16.8 Å². The Balaban J connectivity index is 2.19. The topological polar surface area (TPSA) is 64.0 Å². The number of nitrogens with zero attached hydrogens (tertiary/aromatic N) is 2. The van der Waals surface area contributed by atoms with Gasteiger partial charge >= 0.3 is 0 Å². The number of rotatable bonds is 5. The Hall–Kier alpha value is -2.51. The largest absolute Gasteiger partial charge is 0.316 e. The molecule has 0 radical (unpaired) electrons. The molecule has 7 heteroatoms. The summed E-state index contributed by atoms with van der Waals surface area (Å²) in [5.74, 6) is -0.653. The first-order valence-corrected chi connectivity index (χ1v) is 8.36. The van der Waals surface area contributed by atoms with Gasteiger partial charge in [-0.05, 0) is 42.9 Å². The Morgan fingerprint density at radius 3 is 2.88 bits per heavy atom. The van der Waals surface area contributed by atoms with Crippen molar-refractivity contribution in [2.75, 3.05) is 6.98 Å². The van der Waals surface area contributed by atoms with Crippen molar-refractivity contribution in [3.8, 4) is 11.3 Å². The predicted octanol–water partition coefficient (Wildman–Crippen LogP) is 2.65. The fourth-order valence-corrected chi connectivity index (χ4v) is 3.65. The molecular weight excluding hydrogens is 329 g/mol. The van der Waals surface area contributed by atoms with Crippen LogP contribution in [0, 0.1) is 5.82 Å². The average molecular weight is 349 g/mol. The summed E-state index contributed by atoms with van der Waals surface area (Å²) in [4.78, 5) is 3.67. The number of hydrogen-bond acceptors (Lipinski definition) is 4. The lowest BCUT2D eigenvalue weighted by Crippen LogP contribution is -2.14. The van der Waals surface area contributed by atoms with Gasteiger partial charge < -0.3 is 5.32 Å². The molecule has 0 aliphatic carbocycles. The molecule has 2 aromatic heterocycles. The minimum absolute atomic E-state index is 0.00213. The fourth-order valence-electron chi connectivity index (χ4n) is 2.30. The van der Waals surface area contributed by atoms with Crippen LogP contribution >= 0.6 is 0 Å². The van der Waals surface area contributed by atoms with Gasteiger partial charge in [0.15, 0.2) is 0 Å². The van der Waals surface area contributed by atoms with Crippen molar-refractivity contribution in [3.63, 3.8) is 0 Å². The monoisotopic (exact) mass is 349 g/mol. The van der Waals surface area contributed by atoms with Gasteiger partial charge in [0.05, 0.1) is 5.69 Å². The van der Waals surface area contributed by atoms with Crippen molar-refractivity contribution in [3.05, 3.63) is 72.4 Å². The molecule has 0 saturated heterocycles. The van der Waals surface area contributed by atoms with E-state index in [-0.39, 0.29) is 21.7 Å². The first-order valence-electron chi connectivity index (χ1n) is 9.00. The zero-order valence-corrected chi connectivity index (χ0v) is 13.2. The summed E-state index contributed by atoms with van der Waals surface area (Å²) in [7, 11) is -4.16. The number of nitrogens with one attached hydrogen (secondary N) is 1. The van der Waals surface area contributed by atoms with E-state index in [9.17, 15) is 12.8 Å². The van der Waals surface area contributed by atoms with E-state index in [1.807, 2.05) is 0 Å². The highest BCUT2D eigenvalue weighted by molar-refractivity contribution is 7.90. The van der Waals surface area contributed by atoms with Crippen molar-refractivity contribution in [2.45, 2.75) is 11.4 Å². The molecule has 124 valence electrons. The molecule has 1 aromatic carbocycles. The molecule has 2 heterocycles. The SMILES string of the molecule is [2H]C(NC([2H])([2H])[2H])c1cc(-c2ccccc2F)n(S(=O)(=O)c2cccnc2)c1. The van der Waals surface area contributed by atoms with Crippen LogP contribution < -0.4 is 5.32 Å². The van der Waals surface area contributed by atoms with Crippen LogP contribution in [0.5, 0.6) is 0 Å². The molecule has 3 aromatic rings. The number of aromatic nitrogens is 2. The summed E-state index contributed by atoms with van der Waals surface area (Å²) >= 11 is 0. The van der Waals surface area contributed by atoms with Gasteiger partial charge in [0, 0.05) is 36.2 Å². The van der Waals surface area contributed by atoms with Crippen LogP contribution in [0.25, 0.3) is 11.3 Å². The first-order chi connectivity index (χ1) is 13.1. The van der Waals surface area contributed by atoms with Gasteiger partial charge in [-0.15, -0.1) is 0 Å². The summed E-state index contributed by atoms with van der Waals surface area (Å²) in [6.07, 6.45) is 3.68. The maximum atomic E-state index is 14.4. The van der Waals surface area contributed by atoms with Gasteiger partial charge in [-0.3, -0.25) is 4.98 Å². The summed E-state index contributed by atoms with van der Waals surface area (Å²) in [5.41, 5.74) is 0.0330. The first kappa shape index (κ1) is 11.9. The van der Waals surface area contributed by atoms with Gasteiger partial charge in [0.2, 0.25) is 0 Å². The zero-order valence-electron chi connectivity index (χ0n) is 16.3. The molecule has 0 fully saturated rings. The molecule has 3 rings (SSSR count). The highest BCUT2D eigenvalue weighted by Crippen LogP contribution is 2.28. The van der Waals surface area contributed by atoms with E-state index in [1.54, 1.807) is 6.07 Å². The maximum Gasteiger partial charge on any atom is 0.269 e. The second kappa shape index (κ2) is 6.54. The molecule has 1 atom stereocenters. The molecule has 1 unspecified atom stereocenters. The highest BCUT2D eigenvalue weighted by atomic mass is 32.2. The van der Waals surface area contributed by atoms with Crippen LogP contribution in [0.15, 0.2) is 66.0 Å². The minimum Gasteiger partial charge on any atom is -0.316 e. The Labute approximate surface area is 145 Å². The van der Waals surface area contributed by atoms with Crippen LogP contribution in [0.2, 0.25) is 0 Å². The number of benzene rings is 1. The van der Waals surface area contributed by atoms with E-state index in [2.05, 4.69) is 10.3 Å². The van der Waals surface area contributed by atoms with Crippen molar-refractivity contribution in [1.29, 1.82) is 0 Å². The van der Waals surface area contributed by atoms with Crippen LogP contribution in [0.4, 0.5) is 4.39 Å². The Kier molecular flexibility index (Phi) is 3.25. The molecule has 24 heavy (non-hydrogen) atoms. The van der Waals surface area contributed by atoms with Crippen LogP contribution in [-0.4, -0.2) is 24.4 Å². The van der Waals surface area contributed by atoms with E-state index < -0.39 is 29.3 Å². The van der Waals surface area contributed by atoms with Gasteiger partial charge in [0.1, 0.15) is 10.7 Å². The van der Waals surface area contributed by atoms with E-state index in [4.69, 9.17) is 5.48 Å². The fraction of sp³-hybridized carbons (Fsp3) is 0.118. The average Bonchev–Trinajstić information content (AvgIpc) is 3.08. The standard InChI is InChI=1S/C17H16FN3O2S/c1-19-10-13-9-17(15-6-2-3-7-16(15)18)21(12-13)24(22,23)14-5-4-8-20-11-14/h2-9,11-12,19H,10H2,1H3/i1D3,10D. The normalized spacial score (nSPS) is 15.9.